The molecule has 0 saturated carbocycles. The molecule has 2 aliphatic rings. The second-order valence-corrected chi connectivity index (χ2v) is 11.8. The van der Waals surface area contributed by atoms with Crippen molar-refractivity contribution in [2.45, 2.75) is 25.9 Å². The number of benzene rings is 2. The predicted octanol–water partition coefficient (Wildman–Crippen LogP) is 4.95. The number of amides is 3. The summed E-state index contributed by atoms with van der Waals surface area (Å²) < 4.78 is 11.5. The van der Waals surface area contributed by atoms with Crippen LogP contribution in [-0.2, 0) is 4.79 Å². The van der Waals surface area contributed by atoms with E-state index in [0.717, 1.165) is 11.1 Å². The van der Waals surface area contributed by atoms with E-state index in [1.807, 2.05) is 62.4 Å². The summed E-state index contributed by atoms with van der Waals surface area (Å²) in [6, 6.07) is 13.9. The lowest BCUT2D eigenvalue weighted by atomic mass is 9.94. The molecule has 0 N–H and O–H groups in total. The van der Waals surface area contributed by atoms with Gasteiger partial charge in [0, 0.05) is 56.5 Å². The molecule has 0 aliphatic carbocycles. The van der Waals surface area contributed by atoms with Crippen LogP contribution in [-0.4, -0.2) is 107 Å². The average Bonchev–Trinajstić information content (AvgIpc) is 3.42. The fourth-order valence-electron chi connectivity index (χ4n) is 5.39. The van der Waals surface area contributed by atoms with Crippen LogP contribution < -0.4 is 9.47 Å². The molecule has 2 aromatic carbocycles. The molecule has 13 heteroatoms. The van der Waals surface area contributed by atoms with Gasteiger partial charge in [-0.1, -0.05) is 47.5 Å². The van der Waals surface area contributed by atoms with Crippen LogP contribution >= 0.6 is 23.2 Å². The Morgan fingerprint density at radius 3 is 2.07 bits per heavy atom. The second-order valence-electron chi connectivity index (χ2n) is 10.9. The fraction of sp³-hybridized carbons (Fsp3) is 0.406. The van der Waals surface area contributed by atoms with Crippen molar-refractivity contribution in [3.05, 3.63) is 81.5 Å². The molecule has 3 aromatic rings. The number of ether oxygens (including phenoxy) is 2. The fourth-order valence-corrected chi connectivity index (χ4v) is 5.64. The van der Waals surface area contributed by atoms with E-state index in [2.05, 4.69) is 14.9 Å². The highest BCUT2D eigenvalue weighted by molar-refractivity contribution is 6.30. The summed E-state index contributed by atoms with van der Waals surface area (Å²) >= 11 is 12.5. The van der Waals surface area contributed by atoms with Crippen LogP contribution in [0.1, 0.15) is 42.6 Å². The molecule has 0 radical (unpaired) electrons. The molecule has 3 amide bonds. The minimum atomic E-state index is -0.527. The van der Waals surface area contributed by atoms with Gasteiger partial charge in [-0.2, -0.15) is 4.98 Å². The Morgan fingerprint density at radius 1 is 0.889 bits per heavy atom. The van der Waals surface area contributed by atoms with E-state index in [4.69, 9.17) is 37.7 Å². The van der Waals surface area contributed by atoms with E-state index in [1.54, 1.807) is 35.0 Å². The van der Waals surface area contributed by atoms with E-state index in [1.165, 1.54) is 0 Å². The third-order valence-electron chi connectivity index (χ3n) is 7.72. The molecule has 5 rings (SSSR count). The number of aliphatic imine (C=N–C) groups is 1. The highest BCUT2D eigenvalue weighted by atomic mass is 35.5. The number of likely N-dealkylation sites (N-methyl/N-ethyl adjacent to an activating group) is 1. The van der Waals surface area contributed by atoms with E-state index < -0.39 is 12.1 Å². The van der Waals surface area contributed by atoms with E-state index in [-0.39, 0.29) is 23.8 Å². The topological polar surface area (TPSA) is 104 Å². The molecular weight excluding hydrogens is 617 g/mol. The van der Waals surface area contributed by atoms with Gasteiger partial charge in [-0.15, -0.1) is 0 Å². The summed E-state index contributed by atoms with van der Waals surface area (Å²) in [7, 11) is 3.48. The van der Waals surface area contributed by atoms with E-state index in [0.29, 0.717) is 67.4 Å². The van der Waals surface area contributed by atoms with Crippen LogP contribution in [0, 0.1) is 0 Å². The number of piperazine rings is 1. The van der Waals surface area contributed by atoms with Crippen molar-refractivity contribution in [1.29, 1.82) is 0 Å². The Bertz CT molecular complexity index is 1530. The first-order valence-corrected chi connectivity index (χ1v) is 15.7. The van der Waals surface area contributed by atoms with Crippen molar-refractivity contribution in [1.82, 2.24) is 29.6 Å². The lowest BCUT2D eigenvalue weighted by Crippen LogP contribution is -2.55. The number of carbonyl (C=O) groups excluding carboxylic acids is 2. The molecule has 2 atom stereocenters. The first kappa shape index (κ1) is 32.5. The molecule has 0 bridgehead atoms. The Kier molecular flexibility index (Phi) is 10.4. The Hall–Kier alpha value is -3.93. The molecular formula is C32H37Cl2N7O4. The van der Waals surface area contributed by atoms with Crippen molar-refractivity contribution >= 4 is 41.0 Å². The largest absolute Gasteiger partial charge is 0.477 e. The maximum atomic E-state index is 14.7. The van der Waals surface area contributed by atoms with Crippen LogP contribution in [0.5, 0.6) is 11.9 Å². The summed E-state index contributed by atoms with van der Waals surface area (Å²) in [6.07, 6.45) is 1.59. The monoisotopic (exact) mass is 653 g/mol. The highest BCUT2D eigenvalue weighted by Gasteiger charge is 2.45. The summed E-state index contributed by atoms with van der Waals surface area (Å²) in [5.74, 6) is 0.680. The van der Waals surface area contributed by atoms with Gasteiger partial charge in [0.2, 0.25) is 11.8 Å². The number of urea groups is 1. The van der Waals surface area contributed by atoms with Crippen LogP contribution in [0.4, 0.5) is 4.79 Å². The van der Waals surface area contributed by atoms with Crippen LogP contribution in [0.2, 0.25) is 10.0 Å². The van der Waals surface area contributed by atoms with E-state index in [9.17, 15) is 9.59 Å². The van der Waals surface area contributed by atoms with Gasteiger partial charge in [-0.3, -0.25) is 19.6 Å². The van der Waals surface area contributed by atoms with Gasteiger partial charge < -0.3 is 19.3 Å². The summed E-state index contributed by atoms with van der Waals surface area (Å²) in [5.41, 5.74) is 2.20. The molecule has 1 aromatic heterocycles. The standard InChI is InChI=1S/C32H37Cl2N7O4/c1-5-44-30-25(19-35-31(37-30)45-6-2)29-36-27(21-7-11-23(33)12-8-21)28(22-9-13-24(34)14-10-22)41(29)32(43)40-17-15-39(16-18-40)20-26(42)38(3)4/h7-14,19,27-28H,5-6,15-18,20H2,1-4H3/t27-,28+/m1/s1. The van der Waals surface area contributed by atoms with Gasteiger partial charge in [0.15, 0.2) is 0 Å². The molecule has 2 aliphatic heterocycles. The lowest BCUT2D eigenvalue weighted by molar-refractivity contribution is -0.130. The van der Waals surface area contributed by atoms with Gasteiger partial charge in [0.25, 0.3) is 0 Å². The van der Waals surface area contributed by atoms with Gasteiger partial charge in [-0.05, 0) is 49.2 Å². The molecule has 238 valence electrons. The van der Waals surface area contributed by atoms with Crippen LogP contribution in [0.3, 0.4) is 0 Å². The minimum Gasteiger partial charge on any atom is -0.477 e. The molecule has 0 spiro atoms. The van der Waals surface area contributed by atoms with Crippen molar-refractivity contribution < 1.29 is 19.1 Å². The molecule has 1 saturated heterocycles. The Morgan fingerprint density at radius 2 is 1.49 bits per heavy atom. The Balaban J connectivity index is 1.58. The maximum Gasteiger partial charge on any atom is 0.326 e. The number of nitrogens with zero attached hydrogens (tertiary/aromatic N) is 7. The summed E-state index contributed by atoms with van der Waals surface area (Å²) in [6.45, 7) is 6.76. The number of hydrogen-bond acceptors (Lipinski definition) is 8. The van der Waals surface area contributed by atoms with Crippen molar-refractivity contribution in [3.8, 4) is 11.9 Å². The van der Waals surface area contributed by atoms with Gasteiger partial charge in [0.05, 0.1) is 31.4 Å². The van der Waals surface area contributed by atoms with Gasteiger partial charge in [-0.25, -0.2) is 9.78 Å². The van der Waals surface area contributed by atoms with Crippen LogP contribution in [0.15, 0.2) is 59.7 Å². The zero-order chi connectivity index (χ0) is 32.1. The number of hydrogen-bond donors (Lipinski definition) is 0. The SMILES string of the molecule is CCOc1ncc(C2=N[C@H](c3ccc(Cl)cc3)[C@H](c3ccc(Cl)cc3)N2C(=O)N2CCN(CC(=O)N(C)C)CC2)c(OCC)n1. The second kappa shape index (κ2) is 14.4. The molecule has 1 fully saturated rings. The first-order valence-electron chi connectivity index (χ1n) is 14.9. The van der Waals surface area contributed by atoms with Crippen LogP contribution in [0.25, 0.3) is 0 Å². The summed E-state index contributed by atoms with van der Waals surface area (Å²) in [4.78, 5) is 48.3. The number of amidine groups is 1. The smallest absolute Gasteiger partial charge is 0.326 e. The lowest BCUT2D eigenvalue weighted by Gasteiger charge is -2.39. The quantitative estimate of drug-likeness (QED) is 0.322. The maximum absolute atomic E-state index is 14.7. The molecule has 3 heterocycles. The number of carbonyl (C=O) groups is 2. The van der Waals surface area contributed by atoms with Crippen molar-refractivity contribution in [3.63, 3.8) is 0 Å². The first-order chi connectivity index (χ1) is 21.7. The third-order valence-corrected chi connectivity index (χ3v) is 8.23. The molecule has 11 nitrogen and oxygen atoms in total. The minimum absolute atomic E-state index is 0.0244. The zero-order valence-corrected chi connectivity index (χ0v) is 27.3. The molecule has 45 heavy (non-hydrogen) atoms. The predicted molar refractivity (Wildman–Crippen MR) is 173 cm³/mol. The van der Waals surface area contributed by atoms with Gasteiger partial charge in [0.1, 0.15) is 11.9 Å². The number of aromatic nitrogens is 2. The van der Waals surface area contributed by atoms with Gasteiger partial charge >= 0.3 is 12.0 Å². The number of halogens is 2. The highest BCUT2D eigenvalue weighted by Crippen LogP contribution is 2.45. The normalized spacial score (nSPS) is 18.5. The zero-order valence-electron chi connectivity index (χ0n) is 25.8. The van der Waals surface area contributed by atoms with Crippen molar-refractivity contribution in [2.24, 2.45) is 4.99 Å². The average molecular weight is 655 g/mol. The number of rotatable bonds is 9. The third kappa shape index (κ3) is 7.32. The molecule has 0 unspecified atom stereocenters. The Labute approximate surface area is 273 Å². The van der Waals surface area contributed by atoms with Crippen molar-refractivity contribution in [2.75, 3.05) is 60.0 Å². The summed E-state index contributed by atoms with van der Waals surface area (Å²) in [5, 5.41) is 1.18. The van der Waals surface area contributed by atoms with E-state index >= 15 is 0 Å².